The van der Waals surface area contributed by atoms with Crippen LogP contribution in [-0.2, 0) is 6.42 Å². The number of anilines is 1. The van der Waals surface area contributed by atoms with Crippen molar-refractivity contribution in [2.24, 2.45) is 5.84 Å². The number of hydrazine groups is 1. The smallest absolute Gasteiger partial charge is 0.103 e. The highest BCUT2D eigenvalue weighted by Gasteiger charge is 2.31. The molecule has 0 spiro atoms. The Morgan fingerprint density at radius 1 is 0.878 bits per heavy atom. The predicted molar refractivity (Wildman–Crippen MR) is 168 cm³/mol. The first-order chi connectivity index (χ1) is 20.2. The fraction of sp³-hybridized carbons (Fsp3) is 0.111. The lowest BCUT2D eigenvalue weighted by Gasteiger charge is -2.23. The molecule has 196 valence electrons. The summed E-state index contributed by atoms with van der Waals surface area (Å²) in [5.74, 6) is 5.92. The van der Waals surface area contributed by atoms with Gasteiger partial charge in [0.05, 0.1) is 27.3 Å². The van der Waals surface area contributed by atoms with Gasteiger partial charge in [-0.15, -0.1) is 17.1 Å². The summed E-state index contributed by atoms with van der Waals surface area (Å²) in [7, 11) is 0. The van der Waals surface area contributed by atoms with Gasteiger partial charge in [-0.3, -0.25) is 5.84 Å². The summed E-state index contributed by atoms with van der Waals surface area (Å²) in [6, 6.07) is 36.9. The van der Waals surface area contributed by atoms with E-state index in [0.717, 1.165) is 47.3 Å². The van der Waals surface area contributed by atoms with Crippen LogP contribution in [0, 0.1) is 11.3 Å². The predicted octanol–water partition coefficient (Wildman–Crippen LogP) is 8.60. The Balaban J connectivity index is 1.37. The first kappa shape index (κ1) is 24.0. The van der Waals surface area contributed by atoms with E-state index < -0.39 is 0 Å². The van der Waals surface area contributed by atoms with Gasteiger partial charge in [0.15, 0.2) is 0 Å². The minimum Gasteiger partial charge on any atom is -0.324 e. The van der Waals surface area contributed by atoms with Gasteiger partial charge >= 0.3 is 0 Å². The Hall–Kier alpha value is -4.85. The van der Waals surface area contributed by atoms with E-state index in [-0.39, 0.29) is 5.92 Å². The van der Waals surface area contributed by atoms with E-state index in [2.05, 4.69) is 101 Å². The monoisotopic (exact) mass is 546 g/mol. The molecule has 4 nitrogen and oxygen atoms in total. The fourth-order valence-corrected chi connectivity index (χ4v) is 8.09. The average molecular weight is 547 g/mol. The number of hydrogen-bond acceptors (Lipinski definition) is 4. The number of nitriles is 1. The lowest BCUT2D eigenvalue weighted by molar-refractivity contribution is 0.859. The lowest BCUT2D eigenvalue weighted by atomic mass is 9.83. The molecular weight excluding hydrogens is 520 g/mol. The molecule has 0 bridgehead atoms. The Kier molecular flexibility index (Phi) is 5.48. The van der Waals surface area contributed by atoms with Crippen molar-refractivity contribution >= 4 is 38.0 Å². The van der Waals surface area contributed by atoms with Gasteiger partial charge in [-0.1, -0.05) is 66.7 Å². The van der Waals surface area contributed by atoms with E-state index in [1.165, 1.54) is 42.7 Å². The first-order valence-electron chi connectivity index (χ1n) is 13.9. The number of benzene rings is 4. The molecule has 2 aliphatic carbocycles. The van der Waals surface area contributed by atoms with Crippen LogP contribution < -0.4 is 11.3 Å². The summed E-state index contributed by atoms with van der Waals surface area (Å²) in [4.78, 5) is 1.37. The summed E-state index contributed by atoms with van der Waals surface area (Å²) < 4.78 is 3.80. The standard InChI is InChI=1S/C36H26N4S/c37-21-22-16-17-24(18-22)34(28-12-1-4-13-31(28)39-38)23-8-7-9-25(19-23)40-32-14-5-2-10-26(32)29-20-30-27-11-3-6-15-33(27)41-36(30)35(29)40/h1-15,19,34,39H,16-17,20,38H2. The van der Waals surface area contributed by atoms with Crippen molar-refractivity contribution < 1.29 is 0 Å². The molecule has 6 aromatic rings. The van der Waals surface area contributed by atoms with Crippen LogP contribution in [0.25, 0.3) is 37.2 Å². The molecule has 2 heterocycles. The summed E-state index contributed by atoms with van der Waals surface area (Å²) in [5.41, 5.74) is 17.8. The molecule has 1 atom stereocenters. The number of hydrogen-bond donors (Lipinski definition) is 2. The molecule has 0 radical (unpaired) electrons. The van der Waals surface area contributed by atoms with E-state index >= 15 is 0 Å². The number of nitrogens with zero attached hydrogens (tertiary/aromatic N) is 2. The highest BCUT2D eigenvalue weighted by atomic mass is 32.1. The molecule has 2 aromatic heterocycles. The van der Waals surface area contributed by atoms with Crippen molar-refractivity contribution in [3.63, 3.8) is 0 Å². The molecule has 0 fully saturated rings. The van der Waals surface area contributed by atoms with Crippen LogP contribution >= 0.6 is 11.3 Å². The lowest BCUT2D eigenvalue weighted by Crippen LogP contribution is -2.13. The Bertz CT molecular complexity index is 2130. The van der Waals surface area contributed by atoms with E-state index in [1.807, 2.05) is 29.5 Å². The fourth-order valence-electron chi connectivity index (χ4n) is 6.81. The van der Waals surface area contributed by atoms with Gasteiger partial charge in [0.1, 0.15) is 6.07 Å². The van der Waals surface area contributed by atoms with Gasteiger partial charge in [0.2, 0.25) is 0 Å². The normalized spacial score (nSPS) is 14.4. The van der Waals surface area contributed by atoms with Crippen LogP contribution in [-0.4, -0.2) is 4.57 Å². The summed E-state index contributed by atoms with van der Waals surface area (Å²) in [6.07, 6.45) is 2.49. The molecule has 2 aliphatic rings. The highest BCUT2D eigenvalue weighted by molar-refractivity contribution is 7.22. The van der Waals surface area contributed by atoms with Gasteiger partial charge in [-0.05, 0) is 76.4 Å². The van der Waals surface area contributed by atoms with E-state index in [4.69, 9.17) is 5.84 Å². The first-order valence-corrected chi connectivity index (χ1v) is 14.7. The molecule has 0 saturated carbocycles. The molecule has 5 heteroatoms. The van der Waals surface area contributed by atoms with Crippen molar-refractivity contribution in [1.82, 2.24) is 4.57 Å². The van der Waals surface area contributed by atoms with Gasteiger partial charge in [0, 0.05) is 28.1 Å². The number of nitrogens with one attached hydrogen (secondary N) is 1. The maximum absolute atomic E-state index is 9.60. The highest BCUT2D eigenvalue weighted by Crippen LogP contribution is 2.51. The number of aromatic nitrogens is 1. The van der Waals surface area contributed by atoms with Crippen LogP contribution in [0.3, 0.4) is 0 Å². The second kappa shape index (κ2) is 9.37. The van der Waals surface area contributed by atoms with Crippen molar-refractivity contribution in [3.05, 3.63) is 136 Å². The third kappa shape index (κ3) is 3.63. The molecule has 0 saturated heterocycles. The maximum Gasteiger partial charge on any atom is 0.103 e. The van der Waals surface area contributed by atoms with Crippen LogP contribution in [0.15, 0.2) is 114 Å². The van der Waals surface area contributed by atoms with Crippen molar-refractivity contribution in [2.45, 2.75) is 25.2 Å². The van der Waals surface area contributed by atoms with E-state index in [1.54, 1.807) is 0 Å². The second-order valence-corrected chi connectivity index (χ2v) is 11.8. The van der Waals surface area contributed by atoms with Gasteiger partial charge in [0.25, 0.3) is 0 Å². The average Bonchev–Trinajstić information content (AvgIpc) is 3.78. The number of rotatable bonds is 5. The number of fused-ring (bicyclic) bond motifs is 7. The Labute approximate surface area is 242 Å². The number of allylic oxidation sites excluding steroid dienone is 1. The van der Waals surface area contributed by atoms with Gasteiger partial charge < -0.3 is 9.99 Å². The van der Waals surface area contributed by atoms with Crippen molar-refractivity contribution in [2.75, 3.05) is 5.43 Å². The quantitative estimate of drug-likeness (QED) is 0.129. The largest absolute Gasteiger partial charge is 0.324 e. The molecule has 0 aliphatic heterocycles. The van der Waals surface area contributed by atoms with Gasteiger partial charge in [-0.25, -0.2) is 0 Å². The molecule has 0 amide bonds. The number of thiophene rings is 1. The van der Waals surface area contributed by atoms with Crippen LogP contribution in [0.5, 0.6) is 0 Å². The summed E-state index contributed by atoms with van der Waals surface area (Å²) in [6.45, 7) is 0. The molecule has 3 N–H and O–H groups in total. The van der Waals surface area contributed by atoms with Crippen molar-refractivity contribution in [3.8, 4) is 22.3 Å². The van der Waals surface area contributed by atoms with Gasteiger partial charge in [-0.2, -0.15) is 5.26 Å². The van der Waals surface area contributed by atoms with Crippen LogP contribution in [0.1, 0.15) is 41.0 Å². The zero-order valence-electron chi connectivity index (χ0n) is 22.3. The minimum absolute atomic E-state index is 0.0668. The van der Waals surface area contributed by atoms with Crippen LogP contribution in [0.2, 0.25) is 0 Å². The van der Waals surface area contributed by atoms with E-state index in [0.29, 0.717) is 5.57 Å². The molecular formula is C36H26N4S. The zero-order chi connectivity index (χ0) is 27.5. The number of para-hydroxylation sites is 2. The zero-order valence-corrected chi connectivity index (χ0v) is 23.1. The molecule has 1 unspecified atom stereocenters. The molecule has 41 heavy (non-hydrogen) atoms. The SMILES string of the molecule is N#CC1=C=C(C(c2cccc(-n3c4c(c5ccccc53)Cc3c-4sc4ccccc34)c2)c2ccccc2NN)CC1. The molecule has 8 rings (SSSR count). The Morgan fingerprint density at radius 2 is 1.68 bits per heavy atom. The minimum atomic E-state index is -0.0668. The third-order valence-electron chi connectivity index (χ3n) is 8.57. The second-order valence-electron chi connectivity index (χ2n) is 10.8. The third-order valence-corrected chi connectivity index (χ3v) is 9.79. The van der Waals surface area contributed by atoms with E-state index in [9.17, 15) is 5.26 Å². The summed E-state index contributed by atoms with van der Waals surface area (Å²) in [5, 5.41) is 12.3. The van der Waals surface area contributed by atoms with Crippen molar-refractivity contribution in [1.29, 1.82) is 5.26 Å². The number of nitrogens with two attached hydrogens (primary N) is 1. The maximum atomic E-state index is 9.60. The number of nitrogen functional groups attached to an aromatic ring is 1. The summed E-state index contributed by atoms with van der Waals surface area (Å²) >= 11 is 1.90. The molecule has 4 aromatic carbocycles. The Morgan fingerprint density at radius 3 is 2.54 bits per heavy atom. The topological polar surface area (TPSA) is 66.8 Å². The van der Waals surface area contributed by atoms with Crippen LogP contribution in [0.4, 0.5) is 5.69 Å².